The summed E-state index contributed by atoms with van der Waals surface area (Å²) in [7, 11) is 0. The number of fused-ring (bicyclic) bond motifs is 2. The third kappa shape index (κ3) is 2.98. The number of hydrogen-bond donors (Lipinski definition) is 2. The molecule has 0 amide bonds. The number of aliphatic hydroxyl groups excluding tert-OH is 2. The van der Waals surface area contributed by atoms with Crippen molar-refractivity contribution in [2.75, 3.05) is 6.61 Å². The van der Waals surface area contributed by atoms with Gasteiger partial charge in [-0.3, -0.25) is 9.59 Å². The van der Waals surface area contributed by atoms with Gasteiger partial charge < -0.3 is 29.2 Å². The first-order valence-electron chi connectivity index (χ1n) is 12.5. The van der Waals surface area contributed by atoms with Gasteiger partial charge in [0, 0.05) is 25.2 Å². The first kappa shape index (κ1) is 24.2. The highest BCUT2D eigenvalue weighted by Gasteiger charge is 2.78. The SMILES string of the molecule is C=C1C2C(O)CC3C4(C)CCC(OC(C)=O)C(C)(COC(C)=O)C4CC4OC(C)OC2C43C1O. The summed E-state index contributed by atoms with van der Waals surface area (Å²) in [5.74, 6) is -1.18. The van der Waals surface area contributed by atoms with Crippen LogP contribution in [-0.2, 0) is 28.5 Å². The molecule has 34 heavy (non-hydrogen) atoms. The van der Waals surface area contributed by atoms with Crippen LogP contribution in [0.15, 0.2) is 12.2 Å². The van der Waals surface area contributed by atoms with Crippen LogP contribution in [0, 0.1) is 34.0 Å². The Labute approximate surface area is 201 Å². The highest BCUT2D eigenvalue weighted by Crippen LogP contribution is 2.74. The number of carbonyl (C=O) groups excluding carboxylic acids is 2. The molecular weight excluding hydrogens is 440 g/mol. The van der Waals surface area contributed by atoms with Crippen LogP contribution in [0.4, 0.5) is 0 Å². The van der Waals surface area contributed by atoms with Crippen LogP contribution in [0.25, 0.3) is 0 Å². The summed E-state index contributed by atoms with van der Waals surface area (Å²) in [6, 6.07) is 0. The molecule has 0 aromatic rings. The van der Waals surface area contributed by atoms with Crippen molar-refractivity contribution in [2.45, 2.75) is 97.1 Å². The Morgan fingerprint density at radius 3 is 2.47 bits per heavy atom. The second-order valence-electron chi connectivity index (χ2n) is 11.8. The van der Waals surface area contributed by atoms with Crippen LogP contribution in [0.2, 0.25) is 0 Å². The van der Waals surface area contributed by atoms with E-state index in [1.807, 2.05) is 13.8 Å². The van der Waals surface area contributed by atoms with Gasteiger partial charge >= 0.3 is 11.9 Å². The number of esters is 2. The van der Waals surface area contributed by atoms with Crippen molar-refractivity contribution in [1.29, 1.82) is 0 Å². The van der Waals surface area contributed by atoms with Crippen LogP contribution in [0.5, 0.6) is 0 Å². The van der Waals surface area contributed by atoms with Gasteiger partial charge in [-0.25, -0.2) is 0 Å². The van der Waals surface area contributed by atoms with E-state index >= 15 is 0 Å². The zero-order valence-electron chi connectivity index (χ0n) is 20.8. The molecule has 1 heterocycles. The molecule has 12 atom stereocenters. The highest BCUT2D eigenvalue weighted by atomic mass is 16.7. The van der Waals surface area contributed by atoms with Gasteiger partial charge in [0.05, 0.1) is 29.8 Å². The molecule has 0 aromatic carbocycles. The summed E-state index contributed by atoms with van der Waals surface area (Å²) in [5, 5.41) is 22.9. The van der Waals surface area contributed by atoms with E-state index in [4.69, 9.17) is 18.9 Å². The molecule has 1 spiro atoms. The average Bonchev–Trinajstić information content (AvgIpc) is 2.91. The van der Waals surface area contributed by atoms with Crippen LogP contribution >= 0.6 is 0 Å². The molecule has 2 bridgehead atoms. The fraction of sp³-hybridized carbons (Fsp3) is 0.846. The lowest BCUT2D eigenvalue weighted by molar-refractivity contribution is -0.371. The van der Waals surface area contributed by atoms with Crippen molar-refractivity contribution in [1.82, 2.24) is 0 Å². The van der Waals surface area contributed by atoms with Gasteiger partial charge in [-0.15, -0.1) is 0 Å². The molecule has 8 nitrogen and oxygen atoms in total. The molecule has 5 fully saturated rings. The minimum atomic E-state index is -0.828. The van der Waals surface area contributed by atoms with Gasteiger partial charge in [0.2, 0.25) is 0 Å². The number of carbonyl (C=O) groups is 2. The Kier molecular flexibility index (Phi) is 5.53. The zero-order chi connectivity index (χ0) is 24.8. The predicted molar refractivity (Wildman–Crippen MR) is 120 cm³/mol. The van der Waals surface area contributed by atoms with E-state index in [-0.39, 0.29) is 53.9 Å². The summed E-state index contributed by atoms with van der Waals surface area (Å²) in [6.07, 6.45) is -0.567. The number of rotatable bonds is 3. The second kappa shape index (κ2) is 7.76. The van der Waals surface area contributed by atoms with E-state index in [2.05, 4.69) is 13.5 Å². The van der Waals surface area contributed by atoms with Crippen LogP contribution in [0.3, 0.4) is 0 Å². The highest BCUT2D eigenvalue weighted by molar-refractivity contribution is 5.66. The quantitative estimate of drug-likeness (QED) is 0.470. The molecule has 5 aliphatic rings. The molecule has 4 saturated carbocycles. The normalized spacial score (nSPS) is 53.5. The minimum absolute atomic E-state index is 0.0335. The Morgan fingerprint density at radius 2 is 1.82 bits per heavy atom. The first-order chi connectivity index (χ1) is 15.9. The van der Waals surface area contributed by atoms with Crippen molar-refractivity contribution in [3.63, 3.8) is 0 Å². The minimum Gasteiger partial charge on any atom is -0.465 e. The maximum Gasteiger partial charge on any atom is 0.302 e. The van der Waals surface area contributed by atoms with E-state index in [0.29, 0.717) is 24.8 Å². The van der Waals surface area contributed by atoms with Crippen molar-refractivity contribution < 1.29 is 38.7 Å². The summed E-state index contributed by atoms with van der Waals surface area (Å²) in [6.45, 7) is 13.2. The first-order valence-corrected chi connectivity index (χ1v) is 12.5. The number of hydrogen-bond acceptors (Lipinski definition) is 8. The monoisotopic (exact) mass is 478 g/mol. The summed E-state index contributed by atoms with van der Waals surface area (Å²) in [4.78, 5) is 23.8. The largest absolute Gasteiger partial charge is 0.465 e. The molecular formula is C26H38O8. The van der Waals surface area contributed by atoms with E-state index in [1.165, 1.54) is 13.8 Å². The topological polar surface area (TPSA) is 112 Å². The van der Waals surface area contributed by atoms with E-state index in [0.717, 1.165) is 6.42 Å². The van der Waals surface area contributed by atoms with Crippen molar-refractivity contribution in [3.8, 4) is 0 Å². The molecule has 4 aliphatic carbocycles. The Bertz CT molecular complexity index is 903. The summed E-state index contributed by atoms with van der Waals surface area (Å²) in [5.41, 5.74) is -1.02. The molecule has 190 valence electrons. The van der Waals surface area contributed by atoms with Crippen LogP contribution < -0.4 is 0 Å². The molecule has 1 aliphatic heterocycles. The van der Waals surface area contributed by atoms with Crippen molar-refractivity contribution in [2.24, 2.45) is 34.0 Å². The fourth-order valence-electron chi connectivity index (χ4n) is 9.01. The average molecular weight is 479 g/mol. The summed E-state index contributed by atoms with van der Waals surface area (Å²) >= 11 is 0. The van der Waals surface area contributed by atoms with Gasteiger partial charge in [0.1, 0.15) is 12.7 Å². The van der Waals surface area contributed by atoms with E-state index in [1.54, 1.807) is 0 Å². The van der Waals surface area contributed by atoms with Crippen molar-refractivity contribution in [3.05, 3.63) is 12.2 Å². The van der Waals surface area contributed by atoms with Gasteiger partial charge in [-0.2, -0.15) is 0 Å². The zero-order valence-corrected chi connectivity index (χ0v) is 20.8. The van der Waals surface area contributed by atoms with Crippen molar-refractivity contribution >= 4 is 11.9 Å². The molecule has 5 rings (SSSR count). The molecule has 2 N–H and O–H groups in total. The summed E-state index contributed by atoms with van der Waals surface area (Å²) < 4.78 is 24.1. The number of aliphatic hydroxyl groups is 2. The molecule has 1 saturated heterocycles. The van der Waals surface area contributed by atoms with Crippen LogP contribution in [-0.4, -0.2) is 65.6 Å². The lowest BCUT2D eigenvalue weighted by Gasteiger charge is -2.70. The van der Waals surface area contributed by atoms with Gasteiger partial charge in [0.25, 0.3) is 0 Å². The predicted octanol–water partition coefficient (Wildman–Crippen LogP) is 2.35. The lowest BCUT2D eigenvalue weighted by Crippen LogP contribution is -2.73. The smallest absolute Gasteiger partial charge is 0.302 e. The van der Waals surface area contributed by atoms with Gasteiger partial charge in [-0.1, -0.05) is 20.4 Å². The molecule has 0 aromatic heterocycles. The van der Waals surface area contributed by atoms with Crippen LogP contribution in [0.1, 0.15) is 60.3 Å². The third-order valence-electron chi connectivity index (χ3n) is 10.2. The Morgan fingerprint density at radius 1 is 1.12 bits per heavy atom. The standard InChI is InChI=1S/C26H38O8/c1-12-21-16(29)9-18-24(5)8-7-19(32-14(3)28)25(6,11-31-13(2)27)17(24)10-20-26(18,22(12)30)23(21)34-15(4)33-20/h15-23,29-30H,1,7-11H2,2-6H3. The molecule has 0 radical (unpaired) electrons. The molecule has 12 unspecified atom stereocenters. The third-order valence-corrected chi connectivity index (χ3v) is 10.2. The maximum atomic E-state index is 12.0. The maximum absolute atomic E-state index is 12.0. The number of ether oxygens (including phenoxy) is 4. The second-order valence-corrected chi connectivity index (χ2v) is 11.8. The van der Waals surface area contributed by atoms with Gasteiger partial charge in [0.15, 0.2) is 6.29 Å². The lowest BCUT2D eigenvalue weighted by atomic mass is 9.38. The fourth-order valence-corrected chi connectivity index (χ4v) is 9.01. The molecule has 8 heteroatoms. The Balaban J connectivity index is 1.63. The van der Waals surface area contributed by atoms with E-state index < -0.39 is 35.4 Å². The van der Waals surface area contributed by atoms with E-state index in [9.17, 15) is 19.8 Å². The van der Waals surface area contributed by atoms with Gasteiger partial charge in [-0.05, 0) is 55.4 Å². The Hall–Kier alpha value is -1.48.